The van der Waals surface area contributed by atoms with Gasteiger partial charge in [0.1, 0.15) is 12.0 Å². The fourth-order valence-corrected chi connectivity index (χ4v) is 4.47. The van der Waals surface area contributed by atoms with E-state index >= 15 is 0 Å². The summed E-state index contributed by atoms with van der Waals surface area (Å²) in [4.78, 5) is 39.9. The largest absolute Gasteiger partial charge is 0.461 e. The molecule has 2 heterocycles. The number of aryl methyl sites for hydroxylation is 1. The lowest BCUT2D eigenvalue weighted by Crippen LogP contribution is -2.38. The van der Waals surface area contributed by atoms with Crippen LogP contribution in [0.2, 0.25) is 0 Å². The number of ether oxygens (including phenoxy) is 1. The van der Waals surface area contributed by atoms with Crippen LogP contribution in [-0.2, 0) is 22.0 Å². The van der Waals surface area contributed by atoms with Crippen LogP contribution in [0.15, 0.2) is 59.2 Å². The molecule has 0 unspecified atom stereocenters. The van der Waals surface area contributed by atoms with Crippen LogP contribution < -0.4 is 11.2 Å². The number of benzene rings is 1. The number of hydrogen-bond donors (Lipinski definition) is 1. The van der Waals surface area contributed by atoms with Crippen molar-refractivity contribution in [3.8, 4) is 5.69 Å². The molecule has 214 valence electrons. The smallest absolute Gasteiger partial charge is 0.335 e. The average Bonchev–Trinajstić information content (AvgIpc) is 3.36. The molecule has 2 aromatic heterocycles. The molecule has 39 heavy (non-hydrogen) atoms. The van der Waals surface area contributed by atoms with Crippen LogP contribution in [0.3, 0.4) is 0 Å². The number of carbonyl (C=O) groups is 1. The zero-order chi connectivity index (χ0) is 29.8. The zero-order valence-corrected chi connectivity index (χ0v) is 25.0. The van der Waals surface area contributed by atoms with Crippen LogP contribution in [0.5, 0.6) is 0 Å². The van der Waals surface area contributed by atoms with Gasteiger partial charge in [0.2, 0.25) is 0 Å². The van der Waals surface area contributed by atoms with Gasteiger partial charge in [-0.05, 0) is 70.1 Å². The molecule has 0 amide bonds. The van der Waals surface area contributed by atoms with Crippen LogP contribution in [0, 0.1) is 6.92 Å². The summed E-state index contributed by atoms with van der Waals surface area (Å²) >= 11 is 1.25. The third-order valence-electron chi connectivity index (χ3n) is 6.18. The lowest BCUT2D eigenvalue weighted by molar-refractivity contribution is -0.148. The van der Waals surface area contributed by atoms with Crippen LogP contribution >= 0.6 is 11.5 Å². The number of aromatic nitrogens is 3. The maximum atomic E-state index is 12.6. The maximum Gasteiger partial charge on any atom is 0.335 e. The van der Waals surface area contributed by atoms with Gasteiger partial charge in [-0.3, -0.25) is 9.59 Å². The first-order valence-corrected chi connectivity index (χ1v) is 13.6. The molecule has 1 aromatic carbocycles. The number of rotatable bonds is 9. The Morgan fingerprint density at radius 2 is 1.72 bits per heavy atom. The highest BCUT2D eigenvalue weighted by molar-refractivity contribution is 7.13. The monoisotopic (exact) mass is 558 g/mol. The van der Waals surface area contributed by atoms with E-state index in [9.17, 15) is 14.4 Å². The normalized spacial score (nSPS) is 10.8. The van der Waals surface area contributed by atoms with Gasteiger partial charge >= 0.3 is 11.7 Å². The van der Waals surface area contributed by atoms with Crippen LogP contribution in [-0.4, -0.2) is 62.3 Å². The first-order chi connectivity index (χ1) is 18.4. The Kier molecular flexibility index (Phi) is 13.8. The van der Waals surface area contributed by atoms with Gasteiger partial charge in [-0.15, -0.1) is 6.58 Å². The van der Waals surface area contributed by atoms with E-state index in [1.807, 2.05) is 0 Å². The third-order valence-corrected chi connectivity index (χ3v) is 7.00. The predicted molar refractivity (Wildman–Crippen MR) is 160 cm³/mol. The highest BCUT2D eigenvalue weighted by Gasteiger charge is 2.35. The number of esters is 1. The molecule has 3 aromatic rings. The summed E-state index contributed by atoms with van der Waals surface area (Å²) in [5, 5.41) is 8.46. The van der Waals surface area contributed by atoms with E-state index in [0.29, 0.717) is 22.5 Å². The predicted octanol–water partition coefficient (Wildman–Crippen LogP) is 3.97. The summed E-state index contributed by atoms with van der Waals surface area (Å²) < 4.78 is 13.0. The molecule has 0 bridgehead atoms. The maximum absolute atomic E-state index is 12.6. The van der Waals surface area contributed by atoms with Gasteiger partial charge < -0.3 is 19.3 Å². The molecule has 0 spiro atoms. The Balaban J connectivity index is 0.000000585. The number of carbonyl (C=O) groups excluding carboxylic acids is 1. The van der Waals surface area contributed by atoms with Crippen molar-refractivity contribution in [2.75, 3.05) is 32.8 Å². The minimum Gasteiger partial charge on any atom is -0.461 e. The van der Waals surface area contributed by atoms with Crippen molar-refractivity contribution in [2.24, 2.45) is 7.05 Å². The number of nitrogens with zero attached hydrogens (tertiary/aromatic N) is 4. The minimum absolute atomic E-state index is 0.0833. The lowest BCUT2D eigenvalue weighted by Gasteiger charge is -2.20. The molecule has 0 radical (unpaired) electrons. The Morgan fingerprint density at radius 3 is 2.21 bits per heavy atom. The molecule has 0 saturated heterocycles. The Morgan fingerprint density at radius 1 is 1.13 bits per heavy atom. The fourth-order valence-electron chi connectivity index (χ4n) is 3.57. The zero-order valence-electron chi connectivity index (χ0n) is 24.2. The molecule has 0 fully saturated rings. The highest BCUT2D eigenvalue weighted by Crippen LogP contribution is 2.34. The summed E-state index contributed by atoms with van der Waals surface area (Å²) in [7, 11) is 1.61. The summed E-state index contributed by atoms with van der Waals surface area (Å²) in [6.45, 7) is 22.3. The second-order valence-corrected chi connectivity index (χ2v) is 9.92. The molecule has 0 aliphatic rings. The quantitative estimate of drug-likeness (QED) is 0.313. The average molecular weight is 559 g/mol. The van der Waals surface area contributed by atoms with E-state index in [2.05, 4.69) is 43.2 Å². The lowest BCUT2D eigenvalue weighted by atomic mass is 9.87. The van der Waals surface area contributed by atoms with Crippen molar-refractivity contribution in [3.05, 3.63) is 81.8 Å². The van der Waals surface area contributed by atoms with E-state index in [-0.39, 0.29) is 13.2 Å². The standard InChI is InChI=1S/C20H21N3O4S.C6H15N.C3H6O/c1-6-9-27-18(25)20(3,4)17-14-11-13(7-8-15(14)28-21-17)23-16(24)10-12(2)22(5)19(23)26;1-4-7(5-2)6-3;1-2-3-4/h6-8,10-11H,1,9H2,2-5H3;4-6H2,1-3H3;2,4H,1,3H2. The number of hydrogen-bond acceptors (Lipinski definition) is 8. The summed E-state index contributed by atoms with van der Waals surface area (Å²) in [5.41, 5.74) is -0.289. The number of fused-ring (bicyclic) bond motifs is 1. The molecule has 10 heteroatoms. The SMILES string of the molecule is C=CCO.C=CCOC(=O)C(C)(C)c1nsc2ccc(-n3c(=O)cc(C)n(C)c3=O)cc12.CCN(CC)CC. The van der Waals surface area contributed by atoms with Gasteiger partial charge in [0.05, 0.1) is 22.7 Å². The van der Waals surface area contributed by atoms with Crippen molar-refractivity contribution >= 4 is 27.6 Å². The van der Waals surface area contributed by atoms with Gasteiger partial charge in [-0.2, -0.15) is 4.37 Å². The van der Waals surface area contributed by atoms with E-state index in [0.717, 1.165) is 9.27 Å². The molecule has 3 rings (SSSR count). The van der Waals surface area contributed by atoms with Gasteiger partial charge in [0.15, 0.2) is 0 Å². The van der Waals surface area contributed by atoms with E-state index in [1.165, 1.54) is 54.0 Å². The van der Waals surface area contributed by atoms with Gasteiger partial charge in [0.25, 0.3) is 5.56 Å². The third kappa shape index (κ3) is 8.58. The second-order valence-electron chi connectivity index (χ2n) is 9.12. The first-order valence-electron chi connectivity index (χ1n) is 12.9. The van der Waals surface area contributed by atoms with Gasteiger partial charge in [-0.1, -0.05) is 39.5 Å². The van der Waals surface area contributed by atoms with Crippen molar-refractivity contribution in [1.82, 2.24) is 18.4 Å². The molecular weight excluding hydrogens is 516 g/mol. The van der Waals surface area contributed by atoms with Crippen LogP contribution in [0.4, 0.5) is 0 Å². The van der Waals surface area contributed by atoms with Crippen molar-refractivity contribution in [1.29, 1.82) is 0 Å². The molecule has 0 atom stereocenters. The minimum atomic E-state index is -0.997. The highest BCUT2D eigenvalue weighted by atomic mass is 32.1. The topological polar surface area (TPSA) is 107 Å². The first kappa shape index (κ1) is 33.7. The molecule has 0 aliphatic heterocycles. The van der Waals surface area contributed by atoms with Gasteiger partial charge in [-0.25, -0.2) is 9.36 Å². The summed E-state index contributed by atoms with van der Waals surface area (Å²) in [6, 6.07) is 6.62. The molecule has 0 saturated carbocycles. The molecule has 0 aliphatic carbocycles. The second kappa shape index (κ2) is 15.9. The van der Waals surface area contributed by atoms with Crippen molar-refractivity contribution < 1.29 is 14.6 Å². The Labute approximate surface area is 234 Å². The van der Waals surface area contributed by atoms with E-state index in [1.54, 1.807) is 46.0 Å². The van der Waals surface area contributed by atoms with E-state index in [4.69, 9.17) is 9.84 Å². The van der Waals surface area contributed by atoms with Crippen molar-refractivity contribution in [3.63, 3.8) is 0 Å². The van der Waals surface area contributed by atoms with E-state index < -0.39 is 22.6 Å². The Hall–Kier alpha value is -3.34. The molecular formula is C29H42N4O5S. The van der Waals surface area contributed by atoms with Crippen LogP contribution in [0.25, 0.3) is 15.8 Å². The summed E-state index contributed by atoms with van der Waals surface area (Å²) in [5.74, 6) is -0.423. The van der Waals surface area contributed by atoms with Crippen molar-refractivity contribution in [2.45, 2.75) is 47.0 Å². The van der Waals surface area contributed by atoms with Gasteiger partial charge in [0, 0.05) is 24.2 Å². The number of aliphatic hydroxyl groups is 1. The summed E-state index contributed by atoms with van der Waals surface area (Å²) in [6.07, 6.45) is 2.94. The van der Waals surface area contributed by atoms with Crippen LogP contribution in [0.1, 0.15) is 46.0 Å². The number of aliphatic hydroxyl groups excluding tert-OH is 1. The fraction of sp³-hybridized carbons (Fsp3) is 0.448. The Bertz CT molecular complexity index is 1360. The molecule has 9 nitrogen and oxygen atoms in total. The molecule has 1 N–H and O–H groups in total.